The van der Waals surface area contributed by atoms with Gasteiger partial charge < -0.3 is 9.47 Å². The average molecular weight is 246 g/mol. The van der Waals surface area contributed by atoms with Crippen molar-refractivity contribution in [2.45, 2.75) is 26.9 Å². The molecule has 0 saturated carbocycles. The van der Waals surface area contributed by atoms with Crippen LogP contribution in [0.3, 0.4) is 0 Å². The van der Waals surface area contributed by atoms with E-state index in [4.69, 9.17) is 9.47 Å². The zero-order valence-electron chi connectivity index (χ0n) is 11.5. The summed E-state index contributed by atoms with van der Waals surface area (Å²) in [5.41, 5.74) is -0.0745. The molecule has 0 fully saturated rings. The Hall–Kier alpha value is -1.54. The second-order valence-electron chi connectivity index (χ2n) is 5.25. The van der Waals surface area contributed by atoms with E-state index < -0.39 is 0 Å². The lowest BCUT2D eigenvalue weighted by atomic mass is 9.88. The van der Waals surface area contributed by atoms with E-state index in [9.17, 15) is 0 Å². The molecule has 1 rings (SSSR count). The number of rotatable bonds is 6. The molecular weight excluding hydrogens is 224 g/mol. The molecule has 0 bridgehead atoms. The van der Waals surface area contributed by atoms with Gasteiger partial charge in [0.2, 0.25) is 0 Å². The van der Waals surface area contributed by atoms with Gasteiger partial charge in [0.1, 0.15) is 17.6 Å². The van der Waals surface area contributed by atoms with E-state index in [2.05, 4.69) is 33.9 Å². The smallest absolute Gasteiger partial charge is 0.127 e. The van der Waals surface area contributed by atoms with Crippen molar-refractivity contribution in [3.8, 4) is 5.75 Å². The molecule has 0 radical (unpaired) electrons. The van der Waals surface area contributed by atoms with Crippen molar-refractivity contribution in [3.63, 3.8) is 0 Å². The van der Waals surface area contributed by atoms with Gasteiger partial charge in [0.05, 0.1) is 6.61 Å². The van der Waals surface area contributed by atoms with E-state index in [1.807, 2.05) is 30.3 Å². The Morgan fingerprint density at radius 3 is 2.39 bits per heavy atom. The van der Waals surface area contributed by atoms with Gasteiger partial charge in [0, 0.05) is 0 Å². The highest BCUT2D eigenvalue weighted by molar-refractivity contribution is 5.24. The lowest BCUT2D eigenvalue weighted by Gasteiger charge is -2.31. The largest absolute Gasteiger partial charge is 0.460 e. The molecule has 0 saturated heterocycles. The van der Waals surface area contributed by atoms with E-state index in [0.29, 0.717) is 12.4 Å². The van der Waals surface area contributed by atoms with Crippen LogP contribution < -0.4 is 4.74 Å². The van der Waals surface area contributed by atoms with Crippen molar-refractivity contribution in [3.05, 3.63) is 55.3 Å². The Labute approximate surface area is 110 Å². The van der Waals surface area contributed by atoms with Gasteiger partial charge in [-0.15, -0.1) is 6.58 Å². The van der Waals surface area contributed by atoms with Gasteiger partial charge in [-0.05, 0) is 17.5 Å². The topological polar surface area (TPSA) is 18.5 Å². The van der Waals surface area contributed by atoms with Crippen LogP contribution in [0.25, 0.3) is 0 Å². The summed E-state index contributed by atoms with van der Waals surface area (Å²) in [7, 11) is 0. The van der Waals surface area contributed by atoms with E-state index in [-0.39, 0.29) is 11.5 Å². The summed E-state index contributed by atoms with van der Waals surface area (Å²) in [4.78, 5) is 0. The molecular formula is C16H22O2. The van der Waals surface area contributed by atoms with Crippen LogP contribution in [0.2, 0.25) is 0 Å². The molecule has 1 unspecified atom stereocenters. The maximum atomic E-state index is 5.75. The van der Waals surface area contributed by atoms with Crippen molar-refractivity contribution in [2.24, 2.45) is 5.41 Å². The van der Waals surface area contributed by atoms with Crippen LogP contribution in [-0.2, 0) is 4.74 Å². The number of para-hydroxylation sites is 1. The summed E-state index contributed by atoms with van der Waals surface area (Å²) in [6, 6.07) is 9.61. The molecule has 1 aromatic rings. The van der Waals surface area contributed by atoms with Crippen LogP contribution in [0, 0.1) is 5.41 Å². The van der Waals surface area contributed by atoms with Crippen molar-refractivity contribution < 1.29 is 9.47 Å². The Morgan fingerprint density at radius 2 is 1.89 bits per heavy atom. The molecule has 0 aromatic heterocycles. The van der Waals surface area contributed by atoms with Gasteiger partial charge in [-0.1, -0.05) is 51.6 Å². The van der Waals surface area contributed by atoms with Crippen LogP contribution in [0.1, 0.15) is 20.8 Å². The minimum absolute atomic E-state index is 0.0745. The molecule has 1 aromatic carbocycles. The monoisotopic (exact) mass is 246 g/mol. The third kappa shape index (κ3) is 4.38. The van der Waals surface area contributed by atoms with Crippen LogP contribution in [0.5, 0.6) is 5.75 Å². The highest BCUT2D eigenvalue weighted by Gasteiger charge is 2.29. The fraction of sp³-hybridized carbons (Fsp3) is 0.375. The summed E-state index contributed by atoms with van der Waals surface area (Å²) >= 11 is 0. The summed E-state index contributed by atoms with van der Waals surface area (Å²) in [5, 5.41) is 0. The molecule has 1 atom stereocenters. The first-order valence-corrected chi connectivity index (χ1v) is 6.09. The predicted octanol–water partition coefficient (Wildman–Crippen LogP) is 4.20. The Balaban J connectivity index is 2.73. The molecule has 0 aliphatic rings. The third-order valence-corrected chi connectivity index (χ3v) is 2.45. The Morgan fingerprint density at radius 1 is 1.28 bits per heavy atom. The molecule has 0 N–H and O–H groups in total. The molecule has 98 valence electrons. The fourth-order valence-corrected chi connectivity index (χ4v) is 1.68. The summed E-state index contributed by atoms with van der Waals surface area (Å²) < 4.78 is 11.5. The average Bonchev–Trinajstić information content (AvgIpc) is 2.29. The number of benzene rings is 1. The first-order chi connectivity index (χ1) is 8.45. The van der Waals surface area contributed by atoms with E-state index in [1.54, 1.807) is 6.08 Å². The van der Waals surface area contributed by atoms with Crippen LogP contribution >= 0.6 is 0 Å². The Bertz CT molecular complexity index is 387. The van der Waals surface area contributed by atoms with E-state index in [0.717, 1.165) is 5.75 Å². The van der Waals surface area contributed by atoms with Crippen molar-refractivity contribution >= 4 is 0 Å². The maximum absolute atomic E-state index is 5.75. The van der Waals surface area contributed by atoms with Gasteiger partial charge in [-0.2, -0.15) is 0 Å². The zero-order chi connectivity index (χ0) is 13.6. The predicted molar refractivity (Wildman–Crippen MR) is 75.6 cm³/mol. The first kappa shape index (κ1) is 14.5. The second kappa shape index (κ2) is 6.41. The second-order valence-corrected chi connectivity index (χ2v) is 5.25. The highest BCUT2D eigenvalue weighted by Crippen LogP contribution is 2.29. The molecule has 0 aliphatic carbocycles. The Kier molecular flexibility index (Phi) is 5.17. The number of hydrogen-bond acceptors (Lipinski definition) is 2. The van der Waals surface area contributed by atoms with Crippen molar-refractivity contribution in [2.75, 3.05) is 6.61 Å². The van der Waals surface area contributed by atoms with E-state index >= 15 is 0 Å². The van der Waals surface area contributed by atoms with E-state index in [1.165, 1.54) is 0 Å². The van der Waals surface area contributed by atoms with Gasteiger partial charge >= 0.3 is 0 Å². The lowest BCUT2D eigenvalue weighted by molar-refractivity contribution is 0.00110. The zero-order valence-corrected chi connectivity index (χ0v) is 11.5. The minimum atomic E-state index is -0.171. The number of hydrogen-bond donors (Lipinski definition) is 0. The lowest BCUT2D eigenvalue weighted by Crippen LogP contribution is -2.33. The maximum Gasteiger partial charge on any atom is 0.127 e. The molecule has 0 aliphatic heterocycles. The minimum Gasteiger partial charge on any atom is -0.460 e. The van der Waals surface area contributed by atoms with Crippen molar-refractivity contribution in [1.82, 2.24) is 0 Å². The summed E-state index contributed by atoms with van der Waals surface area (Å²) in [5.74, 6) is 1.40. The van der Waals surface area contributed by atoms with Crippen molar-refractivity contribution in [1.29, 1.82) is 0 Å². The van der Waals surface area contributed by atoms with Gasteiger partial charge in [-0.25, -0.2) is 0 Å². The van der Waals surface area contributed by atoms with Crippen LogP contribution in [0.4, 0.5) is 0 Å². The normalized spacial score (nSPS) is 12.8. The van der Waals surface area contributed by atoms with Crippen LogP contribution in [0.15, 0.2) is 55.3 Å². The fourth-order valence-electron chi connectivity index (χ4n) is 1.68. The summed E-state index contributed by atoms with van der Waals surface area (Å²) in [6.07, 6.45) is 1.56. The SMILES string of the molecule is C=CCOC(C(=C)Oc1ccccc1)C(C)(C)C. The third-order valence-electron chi connectivity index (χ3n) is 2.45. The molecule has 0 spiro atoms. The number of ether oxygens (including phenoxy) is 2. The molecule has 0 heterocycles. The molecule has 2 nitrogen and oxygen atoms in total. The highest BCUT2D eigenvalue weighted by atomic mass is 16.5. The quantitative estimate of drug-likeness (QED) is 0.553. The first-order valence-electron chi connectivity index (χ1n) is 6.09. The summed E-state index contributed by atoms with van der Waals surface area (Å²) in [6.45, 7) is 14.4. The molecule has 0 amide bonds. The van der Waals surface area contributed by atoms with Gasteiger partial charge in [0.25, 0.3) is 0 Å². The van der Waals surface area contributed by atoms with Gasteiger partial charge in [0.15, 0.2) is 0 Å². The van der Waals surface area contributed by atoms with Gasteiger partial charge in [-0.3, -0.25) is 0 Å². The molecule has 18 heavy (non-hydrogen) atoms. The van der Waals surface area contributed by atoms with Crippen LogP contribution in [-0.4, -0.2) is 12.7 Å². The molecule has 2 heteroatoms. The standard InChI is InChI=1S/C16H22O2/c1-6-12-17-15(16(3,4)5)13(2)18-14-10-8-7-9-11-14/h6-11,15H,1-2,12H2,3-5H3.